The normalized spacial score (nSPS) is 10.4. The van der Waals surface area contributed by atoms with E-state index in [0.29, 0.717) is 17.1 Å². The maximum Gasteiger partial charge on any atom is 0.254 e. The molecule has 0 aliphatic heterocycles. The Hall–Kier alpha value is -1.81. The number of nitrogens with zero attached hydrogens (tertiary/aromatic N) is 2. The molecule has 4 nitrogen and oxygen atoms in total. The summed E-state index contributed by atoms with van der Waals surface area (Å²) in [4.78, 5) is 13.9. The highest BCUT2D eigenvalue weighted by Gasteiger charge is 2.14. The summed E-state index contributed by atoms with van der Waals surface area (Å²) in [6, 6.07) is 5.28. The number of amides is 1. The third-order valence-electron chi connectivity index (χ3n) is 2.74. The number of nitrogens with one attached hydrogen (secondary N) is 1. The molecule has 0 fully saturated rings. The monoisotopic (exact) mass is 263 g/mol. The Morgan fingerprint density at radius 1 is 1.50 bits per heavy atom. The first-order valence-corrected chi connectivity index (χ1v) is 5.95. The number of halogens is 1. The van der Waals surface area contributed by atoms with Crippen LogP contribution in [-0.4, -0.2) is 28.1 Å². The molecular weight excluding hydrogens is 250 g/mol. The van der Waals surface area contributed by atoms with Gasteiger partial charge in [-0.2, -0.15) is 5.10 Å². The van der Waals surface area contributed by atoms with Crippen molar-refractivity contribution in [2.24, 2.45) is 0 Å². The fourth-order valence-corrected chi connectivity index (χ4v) is 2.01. The average Bonchev–Trinajstić information content (AvgIpc) is 2.81. The average molecular weight is 264 g/mol. The third-order valence-corrected chi connectivity index (χ3v) is 2.98. The molecule has 0 aliphatic rings. The Kier molecular flexibility index (Phi) is 3.67. The number of aromatic amines is 1. The van der Waals surface area contributed by atoms with E-state index in [1.54, 1.807) is 42.5 Å². The van der Waals surface area contributed by atoms with Gasteiger partial charge in [-0.15, -0.1) is 0 Å². The van der Waals surface area contributed by atoms with Gasteiger partial charge < -0.3 is 4.90 Å². The van der Waals surface area contributed by atoms with E-state index >= 15 is 0 Å². The van der Waals surface area contributed by atoms with E-state index in [1.807, 2.05) is 6.92 Å². The van der Waals surface area contributed by atoms with E-state index in [2.05, 4.69) is 10.2 Å². The molecule has 0 saturated heterocycles. The highest BCUT2D eigenvalue weighted by molar-refractivity contribution is 6.30. The lowest BCUT2D eigenvalue weighted by Gasteiger charge is -2.17. The largest absolute Gasteiger partial charge is 0.337 e. The summed E-state index contributed by atoms with van der Waals surface area (Å²) >= 11 is 5.88. The first-order valence-electron chi connectivity index (χ1n) is 5.57. The first kappa shape index (κ1) is 12.6. The lowest BCUT2D eigenvalue weighted by atomic mass is 10.1. The zero-order valence-electron chi connectivity index (χ0n) is 10.3. The minimum absolute atomic E-state index is 0.0228. The summed E-state index contributed by atoms with van der Waals surface area (Å²) in [6.45, 7) is 2.40. The molecular formula is C13H14ClN3O. The maximum absolute atomic E-state index is 12.3. The summed E-state index contributed by atoms with van der Waals surface area (Å²) < 4.78 is 0. The Balaban J connectivity index is 2.15. The van der Waals surface area contributed by atoms with Gasteiger partial charge >= 0.3 is 0 Å². The van der Waals surface area contributed by atoms with Gasteiger partial charge in [0.05, 0.1) is 6.20 Å². The third kappa shape index (κ3) is 2.71. The van der Waals surface area contributed by atoms with E-state index in [-0.39, 0.29) is 5.91 Å². The van der Waals surface area contributed by atoms with Crippen LogP contribution in [0.4, 0.5) is 0 Å². The van der Waals surface area contributed by atoms with Gasteiger partial charge in [-0.1, -0.05) is 11.6 Å². The molecule has 0 bridgehead atoms. The van der Waals surface area contributed by atoms with Crippen LogP contribution in [-0.2, 0) is 6.54 Å². The van der Waals surface area contributed by atoms with Crippen LogP contribution in [0.5, 0.6) is 0 Å². The summed E-state index contributed by atoms with van der Waals surface area (Å²) in [5.41, 5.74) is 2.52. The zero-order valence-corrected chi connectivity index (χ0v) is 11.0. The van der Waals surface area contributed by atoms with Crippen LogP contribution in [0.15, 0.2) is 30.6 Å². The number of H-pyrrole nitrogens is 1. The van der Waals surface area contributed by atoms with Gasteiger partial charge in [0.15, 0.2) is 0 Å². The lowest BCUT2D eigenvalue weighted by molar-refractivity contribution is 0.0784. The fourth-order valence-electron chi connectivity index (χ4n) is 1.78. The van der Waals surface area contributed by atoms with Crippen molar-refractivity contribution in [3.05, 3.63) is 52.3 Å². The van der Waals surface area contributed by atoms with Gasteiger partial charge in [0.25, 0.3) is 5.91 Å². The molecule has 0 unspecified atom stereocenters. The van der Waals surface area contributed by atoms with Crippen molar-refractivity contribution in [2.45, 2.75) is 13.5 Å². The zero-order chi connectivity index (χ0) is 13.1. The molecule has 0 aliphatic carbocycles. The topological polar surface area (TPSA) is 49.0 Å². The Morgan fingerprint density at radius 3 is 2.89 bits per heavy atom. The number of carbonyl (C=O) groups is 1. The number of hydrogen-bond donors (Lipinski definition) is 1. The molecule has 1 aromatic heterocycles. The SMILES string of the molecule is Cc1cc(Cl)ccc1C(=O)N(C)Cc1cn[nH]c1. The highest BCUT2D eigenvalue weighted by atomic mass is 35.5. The molecule has 2 rings (SSSR count). The highest BCUT2D eigenvalue weighted by Crippen LogP contribution is 2.17. The molecule has 1 N–H and O–H groups in total. The lowest BCUT2D eigenvalue weighted by Crippen LogP contribution is -2.26. The first-order chi connectivity index (χ1) is 8.58. The van der Waals surface area contributed by atoms with Crippen molar-refractivity contribution in [3.8, 4) is 0 Å². The minimum Gasteiger partial charge on any atom is -0.337 e. The van der Waals surface area contributed by atoms with Crippen LogP contribution in [0.2, 0.25) is 5.02 Å². The van der Waals surface area contributed by atoms with Crippen LogP contribution in [0.3, 0.4) is 0 Å². The standard InChI is InChI=1S/C13H14ClN3O/c1-9-5-11(14)3-4-12(9)13(18)17(2)8-10-6-15-16-7-10/h3-7H,8H2,1-2H3,(H,15,16). The number of benzene rings is 1. The molecule has 2 aromatic rings. The van der Waals surface area contributed by atoms with Crippen molar-refractivity contribution in [1.29, 1.82) is 0 Å². The molecule has 94 valence electrons. The van der Waals surface area contributed by atoms with E-state index < -0.39 is 0 Å². The van der Waals surface area contributed by atoms with Crippen LogP contribution in [0.25, 0.3) is 0 Å². The van der Waals surface area contributed by atoms with E-state index in [0.717, 1.165) is 11.1 Å². The molecule has 0 spiro atoms. The number of hydrogen-bond acceptors (Lipinski definition) is 2. The van der Waals surface area contributed by atoms with Gasteiger partial charge in [0, 0.05) is 35.9 Å². The Bertz CT molecular complexity index is 551. The Labute approximate surface area is 111 Å². The van der Waals surface area contributed by atoms with Gasteiger partial charge in [0.1, 0.15) is 0 Å². The van der Waals surface area contributed by atoms with Crippen LogP contribution >= 0.6 is 11.6 Å². The van der Waals surface area contributed by atoms with Gasteiger partial charge in [-0.05, 0) is 30.7 Å². The predicted molar refractivity (Wildman–Crippen MR) is 70.6 cm³/mol. The molecule has 0 radical (unpaired) electrons. The number of aryl methyl sites for hydroxylation is 1. The minimum atomic E-state index is -0.0228. The maximum atomic E-state index is 12.3. The second-order valence-electron chi connectivity index (χ2n) is 4.23. The molecule has 0 atom stereocenters. The molecule has 1 aromatic carbocycles. The second kappa shape index (κ2) is 5.23. The van der Waals surface area contributed by atoms with Crippen LogP contribution in [0, 0.1) is 6.92 Å². The number of rotatable bonds is 3. The molecule has 1 amide bonds. The van der Waals surface area contributed by atoms with Crippen molar-refractivity contribution in [1.82, 2.24) is 15.1 Å². The van der Waals surface area contributed by atoms with Crippen molar-refractivity contribution < 1.29 is 4.79 Å². The number of aromatic nitrogens is 2. The molecule has 1 heterocycles. The second-order valence-corrected chi connectivity index (χ2v) is 4.66. The fraction of sp³-hybridized carbons (Fsp3) is 0.231. The van der Waals surface area contributed by atoms with Crippen molar-refractivity contribution in [2.75, 3.05) is 7.05 Å². The summed E-state index contributed by atoms with van der Waals surface area (Å²) in [6.07, 6.45) is 3.48. The summed E-state index contributed by atoms with van der Waals surface area (Å²) in [5.74, 6) is -0.0228. The van der Waals surface area contributed by atoms with Gasteiger partial charge in [-0.25, -0.2) is 0 Å². The van der Waals surface area contributed by atoms with Crippen LogP contribution in [0.1, 0.15) is 21.5 Å². The number of carbonyl (C=O) groups excluding carboxylic acids is 1. The Morgan fingerprint density at radius 2 is 2.28 bits per heavy atom. The van der Waals surface area contributed by atoms with Crippen LogP contribution < -0.4 is 0 Å². The molecule has 0 saturated carbocycles. The summed E-state index contributed by atoms with van der Waals surface area (Å²) in [7, 11) is 1.77. The van der Waals surface area contributed by atoms with Crippen molar-refractivity contribution in [3.63, 3.8) is 0 Å². The smallest absolute Gasteiger partial charge is 0.254 e. The van der Waals surface area contributed by atoms with E-state index in [1.165, 1.54) is 0 Å². The van der Waals surface area contributed by atoms with E-state index in [4.69, 9.17) is 11.6 Å². The molecule has 18 heavy (non-hydrogen) atoms. The summed E-state index contributed by atoms with van der Waals surface area (Å²) in [5, 5.41) is 7.22. The predicted octanol–water partition coefficient (Wildman–Crippen LogP) is 2.64. The van der Waals surface area contributed by atoms with Gasteiger partial charge in [-0.3, -0.25) is 9.89 Å². The molecule has 5 heteroatoms. The van der Waals surface area contributed by atoms with Crippen molar-refractivity contribution >= 4 is 17.5 Å². The van der Waals surface area contributed by atoms with Gasteiger partial charge in [0.2, 0.25) is 0 Å². The van der Waals surface area contributed by atoms with E-state index in [9.17, 15) is 4.79 Å². The quantitative estimate of drug-likeness (QED) is 0.926.